The maximum Gasteiger partial charge on any atom is 0.317 e. The van der Waals surface area contributed by atoms with Crippen LogP contribution in [0.3, 0.4) is 0 Å². The van der Waals surface area contributed by atoms with Gasteiger partial charge in [-0.15, -0.1) is 0 Å². The fourth-order valence-corrected chi connectivity index (χ4v) is 3.67. The van der Waals surface area contributed by atoms with Crippen molar-refractivity contribution >= 4 is 6.03 Å². The van der Waals surface area contributed by atoms with E-state index in [1.165, 1.54) is 58.2 Å². The molecule has 2 saturated heterocycles. The van der Waals surface area contributed by atoms with Crippen molar-refractivity contribution in [3.63, 3.8) is 0 Å². The van der Waals surface area contributed by atoms with E-state index in [0.29, 0.717) is 5.92 Å². The number of amides is 2. The first-order chi connectivity index (χ1) is 10.2. The van der Waals surface area contributed by atoms with Gasteiger partial charge in [-0.2, -0.15) is 0 Å². The maximum atomic E-state index is 12.2. The van der Waals surface area contributed by atoms with Crippen molar-refractivity contribution in [3.8, 4) is 0 Å². The summed E-state index contributed by atoms with van der Waals surface area (Å²) in [6.07, 6.45) is 7.76. The van der Waals surface area contributed by atoms with Crippen molar-refractivity contribution in [1.82, 2.24) is 15.1 Å². The molecular formula is C17H31N3O. The molecule has 4 heteroatoms. The molecule has 2 amide bonds. The fourth-order valence-electron chi connectivity index (χ4n) is 3.67. The van der Waals surface area contributed by atoms with E-state index in [1.807, 2.05) is 0 Å². The van der Waals surface area contributed by atoms with Crippen molar-refractivity contribution in [1.29, 1.82) is 0 Å². The minimum atomic E-state index is 0.180. The molecule has 1 saturated carbocycles. The first-order valence-corrected chi connectivity index (χ1v) is 8.96. The normalized spacial score (nSPS) is 28.6. The predicted octanol–water partition coefficient (Wildman–Crippen LogP) is 2.55. The van der Waals surface area contributed by atoms with Crippen LogP contribution >= 0.6 is 0 Å². The van der Waals surface area contributed by atoms with Gasteiger partial charge >= 0.3 is 6.03 Å². The molecule has 120 valence electrons. The van der Waals surface area contributed by atoms with Crippen LogP contribution in [-0.4, -0.2) is 55.1 Å². The highest BCUT2D eigenvalue weighted by Crippen LogP contribution is 2.27. The molecule has 0 aromatic carbocycles. The van der Waals surface area contributed by atoms with Crippen LogP contribution in [0.1, 0.15) is 45.4 Å². The number of likely N-dealkylation sites (tertiary alicyclic amines) is 2. The fraction of sp³-hybridized carbons (Fsp3) is 0.941. The Balaban J connectivity index is 1.40. The summed E-state index contributed by atoms with van der Waals surface area (Å²) in [5.74, 6) is 2.35. The first-order valence-electron chi connectivity index (χ1n) is 8.96. The highest BCUT2D eigenvalue weighted by atomic mass is 16.2. The van der Waals surface area contributed by atoms with E-state index < -0.39 is 0 Å². The van der Waals surface area contributed by atoms with Crippen LogP contribution in [0.2, 0.25) is 0 Å². The Hall–Kier alpha value is -0.770. The highest BCUT2D eigenvalue weighted by Gasteiger charge is 2.28. The van der Waals surface area contributed by atoms with E-state index in [0.717, 1.165) is 31.5 Å². The summed E-state index contributed by atoms with van der Waals surface area (Å²) in [6.45, 7) is 8.87. The number of carbonyl (C=O) groups excluding carboxylic acids is 1. The van der Waals surface area contributed by atoms with Crippen LogP contribution < -0.4 is 5.32 Å². The Morgan fingerprint density at radius 1 is 1.05 bits per heavy atom. The Kier molecular flexibility index (Phi) is 5.04. The molecule has 3 aliphatic rings. The number of urea groups is 1. The van der Waals surface area contributed by atoms with E-state index >= 15 is 0 Å². The largest absolute Gasteiger partial charge is 0.338 e. The van der Waals surface area contributed by atoms with Gasteiger partial charge in [-0.1, -0.05) is 6.92 Å². The predicted molar refractivity (Wildman–Crippen MR) is 85.3 cm³/mol. The van der Waals surface area contributed by atoms with Gasteiger partial charge in [-0.05, 0) is 69.4 Å². The number of piperidine rings is 2. The molecule has 1 aliphatic carbocycles. The van der Waals surface area contributed by atoms with Crippen molar-refractivity contribution in [2.24, 2.45) is 17.8 Å². The third kappa shape index (κ3) is 4.60. The topological polar surface area (TPSA) is 35.6 Å². The van der Waals surface area contributed by atoms with Crippen LogP contribution in [0.5, 0.6) is 0 Å². The monoisotopic (exact) mass is 293 g/mol. The zero-order valence-corrected chi connectivity index (χ0v) is 13.5. The lowest BCUT2D eigenvalue weighted by atomic mass is 9.94. The molecule has 1 N–H and O–H groups in total. The van der Waals surface area contributed by atoms with E-state index in [9.17, 15) is 4.79 Å². The molecule has 0 aromatic heterocycles. The van der Waals surface area contributed by atoms with Gasteiger partial charge in [0.25, 0.3) is 0 Å². The van der Waals surface area contributed by atoms with Crippen molar-refractivity contribution in [2.45, 2.75) is 45.4 Å². The van der Waals surface area contributed by atoms with Gasteiger partial charge in [-0.25, -0.2) is 4.79 Å². The molecule has 21 heavy (non-hydrogen) atoms. The summed E-state index contributed by atoms with van der Waals surface area (Å²) in [7, 11) is 0. The molecule has 3 rings (SSSR count). The summed E-state index contributed by atoms with van der Waals surface area (Å²) < 4.78 is 0. The van der Waals surface area contributed by atoms with Gasteiger partial charge < -0.3 is 15.1 Å². The van der Waals surface area contributed by atoms with Crippen molar-refractivity contribution < 1.29 is 4.79 Å². The minimum Gasteiger partial charge on any atom is -0.338 e. The molecular weight excluding hydrogens is 262 g/mol. The second-order valence-corrected chi connectivity index (χ2v) is 7.57. The summed E-state index contributed by atoms with van der Waals surface area (Å²) in [4.78, 5) is 16.9. The average Bonchev–Trinajstić information content (AvgIpc) is 3.32. The molecule has 1 unspecified atom stereocenters. The van der Waals surface area contributed by atoms with E-state index in [4.69, 9.17) is 0 Å². The number of hydrogen-bond donors (Lipinski definition) is 1. The van der Waals surface area contributed by atoms with Crippen LogP contribution in [0.25, 0.3) is 0 Å². The second kappa shape index (κ2) is 6.99. The lowest BCUT2D eigenvalue weighted by molar-refractivity contribution is 0.120. The molecule has 0 aromatic rings. The molecule has 2 heterocycles. The minimum absolute atomic E-state index is 0.180. The third-order valence-electron chi connectivity index (χ3n) is 5.44. The van der Waals surface area contributed by atoms with E-state index in [1.54, 1.807) is 0 Å². The zero-order chi connectivity index (χ0) is 14.7. The lowest BCUT2D eigenvalue weighted by Crippen LogP contribution is -2.48. The molecule has 0 spiro atoms. The molecule has 0 bridgehead atoms. The third-order valence-corrected chi connectivity index (χ3v) is 5.44. The molecule has 2 aliphatic heterocycles. The van der Waals surface area contributed by atoms with Crippen LogP contribution in [0, 0.1) is 17.8 Å². The Morgan fingerprint density at radius 3 is 2.52 bits per heavy atom. The van der Waals surface area contributed by atoms with Gasteiger partial charge in [0.15, 0.2) is 0 Å². The number of carbonyl (C=O) groups is 1. The smallest absolute Gasteiger partial charge is 0.317 e. The highest BCUT2D eigenvalue weighted by molar-refractivity contribution is 5.74. The number of nitrogens with zero attached hydrogens (tertiary/aromatic N) is 2. The Labute approximate surface area is 129 Å². The van der Waals surface area contributed by atoms with E-state index in [-0.39, 0.29) is 6.03 Å². The summed E-state index contributed by atoms with van der Waals surface area (Å²) >= 11 is 0. The lowest BCUT2D eigenvalue weighted by Gasteiger charge is -2.37. The van der Waals surface area contributed by atoms with E-state index in [2.05, 4.69) is 22.0 Å². The standard InChI is InChI=1S/C17H31N3O/c1-14-6-9-19(10-7-14)12-16-3-2-8-20(13-16)17(21)18-11-15-4-5-15/h14-16H,2-13H2,1H3,(H,18,21). The number of hydrogen-bond acceptors (Lipinski definition) is 2. The average molecular weight is 293 g/mol. The van der Waals surface area contributed by atoms with Crippen molar-refractivity contribution in [2.75, 3.05) is 39.3 Å². The van der Waals surface area contributed by atoms with Gasteiger partial charge in [0, 0.05) is 26.2 Å². The van der Waals surface area contributed by atoms with Gasteiger partial charge in [0.2, 0.25) is 0 Å². The molecule has 0 radical (unpaired) electrons. The van der Waals surface area contributed by atoms with Crippen LogP contribution in [-0.2, 0) is 0 Å². The molecule has 4 nitrogen and oxygen atoms in total. The van der Waals surface area contributed by atoms with Gasteiger partial charge in [0.05, 0.1) is 0 Å². The van der Waals surface area contributed by atoms with Gasteiger partial charge in [0.1, 0.15) is 0 Å². The summed E-state index contributed by atoms with van der Waals surface area (Å²) in [6, 6.07) is 0.180. The summed E-state index contributed by atoms with van der Waals surface area (Å²) in [5.41, 5.74) is 0. The zero-order valence-electron chi connectivity index (χ0n) is 13.5. The van der Waals surface area contributed by atoms with Gasteiger partial charge in [-0.3, -0.25) is 0 Å². The number of nitrogens with one attached hydrogen (secondary N) is 1. The summed E-state index contributed by atoms with van der Waals surface area (Å²) in [5, 5.41) is 3.12. The quantitative estimate of drug-likeness (QED) is 0.864. The molecule has 1 atom stereocenters. The van der Waals surface area contributed by atoms with Crippen molar-refractivity contribution in [3.05, 3.63) is 0 Å². The first kappa shape index (κ1) is 15.1. The van der Waals surface area contributed by atoms with Crippen LogP contribution in [0.15, 0.2) is 0 Å². The Bertz CT molecular complexity index is 348. The SMILES string of the molecule is CC1CCN(CC2CCCN(C(=O)NCC3CC3)C2)CC1. The number of rotatable bonds is 4. The van der Waals surface area contributed by atoms with Crippen LogP contribution in [0.4, 0.5) is 4.79 Å². The molecule has 3 fully saturated rings. The maximum absolute atomic E-state index is 12.2. The second-order valence-electron chi connectivity index (χ2n) is 7.57. The Morgan fingerprint density at radius 2 is 1.81 bits per heavy atom.